The molecule has 2 atom stereocenters. The van der Waals surface area contributed by atoms with Crippen molar-refractivity contribution in [1.82, 2.24) is 15.2 Å². The second-order valence-corrected chi connectivity index (χ2v) is 10.1. The summed E-state index contributed by atoms with van der Waals surface area (Å²) in [6.45, 7) is -0.0235. The van der Waals surface area contributed by atoms with Crippen LogP contribution in [0.15, 0.2) is 85.2 Å². The lowest BCUT2D eigenvalue weighted by Crippen LogP contribution is -2.52. The molecule has 8 nitrogen and oxygen atoms in total. The molecule has 1 aliphatic heterocycles. The first kappa shape index (κ1) is 24.8. The number of aromatic nitrogens is 1. The SMILES string of the molecule is O=C(CN(C(=O)C1CSC(c2ccncc2)N1C(=O)OCc1ccccc1)c1ccccc1)NC1CC1. The van der Waals surface area contributed by atoms with Crippen molar-refractivity contribution in [3.8, 4) is 0 Å². The number of carbonyl (C=O) groups is 3. The van der Waals surface area contributed by atoms with Gasteiger partial charge in [-0.2, -0.15) is 0 Å². The molecular weight excluding hydrogens is 488 g/mol. The first-order valence-electron chi connectivity index (χ1n) is 12.3. The summed E-state index contributed by atoms with van der Waals surface area (Å²) in [7, 11) is 0. The maximum Gasteiger partial charge on any atom is 0.412 e. The molecule has 2 aromatic carbocycles. The number of benzene rings is 2. The summed E-state index contributed by atoms with van der Waals surface area (Å²) in [5, 5.41) is 2.54. The topological polar surface area (TPSA) is 91.8 Å². The van der Waals surface area contributed by atoms with E-state index in [0.717, 1.165) is 24.0 Å². The number of pyridine rings is 1. The molecule has 5 rings (SSSR count). The lowest BCUT2D eigenvalue weighted by molar-refractivity contribution is -0.126. The molecule has 1 saturated heterocycles. The Morgan fingerprint density at radius 2 is 1.65 bits per heavy atom. The number of anilines is 1. The van der Waals surface area contributed by atoms with Gasteiger partial charge in [0.05, 0.1) is 0 Å². The largest absolute Gasteiger partial charge is 0.444 e. The number of para-hydroxylation sites is 1. The maximum atomic E-state index is 14.0. The van der Waals surface area contributed by atoms with Gasteiger partial charge in [0, 0.05) is 29.9 Å². The third kappa shape index (κ3) is 6.11. The number of nitrogens with zero attached hydrogens (tertiary/aromatic N) is 3. The monoisotopic (exact) mass is 516 g/mol. The zero-order valence-corrected chi connectivity index (χ0v) is 21.0. The van der Waals surface area contributed by atoms with Crippen LogP contribution in [0.1, 0.15) is 29.3 Å². The Morgan fingerprint density at radius 1 is 0.973 bits per heavy atom. The molecule has 3 amide bonds. The summed E-state index contributed by atoms with van der Waals surface area (Å²) in [5.74, 6) is -0.160. The fourth-order valence-corrected chi connectivity index (χ4v) is 5.64. The Balaban J connectivity index is 1.41. The van der Waals surface area contributed by atoms with Crippen LogP contribution in [0.2, 0.25) is 0 Å². The number of hydrogen-bond donors (Lipinski definition) is 1. The van der Waals surface area contributed by atoms with Crippen molar-refractivity contribution in [1.29, 1.82) is 0 Å². The number of thioether (sulfide) groups is 1. The van der Waals surface area contributed by atoms with Gasteiger partial charge in [-0.05, 0) is 48.2 Å². The Bertz CT molecular complexity index is 1220. The molecule has 2 aliphatic rings. The third-order valence-corrected chi connectivity index (χ3v) is 7.59. The molecule has 1 aromatic heterocycles. The van der Waals surface area contributed by atoms with Crippen molar-refractivity contribution in [2.45, 2.75) is 36.9 Å². The average Bonchev–Trinajstić information content (AvgIpc) is 3.64. The van der Waals surface area contributed by atoms with Crippen LogP contribution in [-0.2, 0) is 20.9 Å². The van der Waals surface area contributed by atoms with E-state index in [1.165, 1.54) is 21.6 Å². The Kier molecular flexibility index (Phi) is 7.70. The lowest BCUT2D eigenvalue weighted by Gasteiger charge is -2.32. The highest BCUT2D eigenvalue weighted by atomic mass is 32.2. The first-order valence-corrected chi connectivity index (χ1v) is 13.3. The van der Waals surface area contributed by atoms with Crippen LogP contribution >= 0.6 is 11.8 Å². The highest BCUT2D eigenvalue weighted by Gasteiger charge is 2.45. The number of carbonyl (C=O) groups excluding carboxylic acids is 3. The summed E-state index contributed by atoms with van der Waals surface area (Å²) < 4.78 is 5.68. The van der Waals surface area contributed by atoms with Gasteiger partial charge in [-0.15, -0.1) is 11.8 Å². The Hall–Kier alpha value is -3.85. The number of rotatable bonds is 8. The van der Waals surface area contributed by atoms with Gasteiger partial charge in [0.25, 0.3) is 5.91 Å². The summed E-state index contributed by atoms with van der Waals surface area (Å²) >= 11 is 1.49. The fourth-order valence-electron chi connectivity index (χ4n) is 4.23. The van der Waals surface area contributed by atoms with Crippen LogP contribution in [0, 0.1) is 0 Å². The number of ether oxygens (including phenoxy) is 1. The molecule has 3 aromatic rings. The van der Waals surface area contributed by atoms with Crippen molar-refractivity contribution in [2.75, 3.05) is 17.2 Å². The smallest absolute Gasteiger partial charge is 0.412 e. The molecule has 1 aliphatic carbocycles. The van der Waals surface area contributed by atoms with E-state index in [1.807, 2.05) is 60.7 Å². The van der Waals surface area contributed by atoms with Crippen LogP contribution in [0.25, 0.3) is 0 Å². The van der Waals surface area contributed by atoms with Crippen molar-refractivity contribution in [3.63, 3.8) is 0 Å². The number of amides is 3. The number of hydrogen-bond acceptors (Lipinski definition) is 6. The van der Waals surface area contributed by atoms with Gasteiger partial charge in [0.15, 0.2) is 0 Å². The molecule has 0 bridgehead atoms. The molecule has 0 radical (unpaired) electrons. The van der Waals surface area contributed by atoms with E-state index in [0.29, 0.717) is 11.4 Å². The van der Waals surface area contributed by atoms with Gasteiger partial charge in [0.2, 0.25) is 5.91 Å². The summed E-state index contributed by atoms with van der Waals surface area (Å²) in [6.07, 6.45) is 4.66. The van der Waals surface area contributed by atoms with E-state index in [-0.39, 0.29) is 31.0 Å². The van der Waals surface area contributed by atoms with Gasteiger partial charge in [-0.25, -0.2) is 4.79 Å². The van der Waals surface area contributed by atoms with Gasteiger partial charge in [-0.1, -0.05) is 48.5 Å². The maximum absolute atomic E-state index is 14.0. The van der Waals surface area contributed by atoms with E-state index in [2.05, 4.69) is 10.3 Å². The standard InChI is InChI=1S/C28H28N4O4S/c33-25(30-22-11-12-22)17-31(23-9-5-2-6-10-23)26(34)24-19-37-27(21-13-15-29-16-14-21)32(24)28(35)36-18-20-7-3-1-4-8-20/h1-10,13-16,22,24,27H,11-12,17-19H2,(H,30,33). The third-order valence-electron chi connectivity index (χ3n) is 6.27. The predicted octanol–water partition coefficient (Wildman–Crippen LogP) is 4.15. The molecule has 2 fully saturated rings. The Morgan fingerprint density at radius 3 is 2.32 bits per heavy atom. The predicted molar refractivity (Wildman–Crippen MR) is 142 cm³/mol. The molecule has 190 valence electrons. The highest BCUT2D eigenvalue weighted by Crippen LogP contribution is 2.42. The minimum Gasteiger partial charge on any atom is -0.444 e. The first-order chi connectivity index (χ1) is 18.1. The summed E-state index contributed by atoms with van der Waals surface area (Å²) in [6, 6.07) is 21.6. The van der Waals surface area contributed by atoms with E-state index in [4.69, 9.17) is 4.74 Å². The lowest BCUT2D eigenvalue weighted by atomic mass is 10.1. The van der Waals surface area contributed by atoms with Crippen LogP contribution in [0.5, 0.6) is 0 Å². The molecule has 2 unspecified atom stereocenters. The van der Waals surface area contributed by atoms with Crippen LogP contribution in [-0.4, -0.2) is 52.2 Å². The van der Waals surface area contributed by atoms with E-state index in [9.17, 15) is 14.4 Å². The minimum absolute atomic E-state index is 0.0943. The zero-order chi connectivity index (χ0) is 25.6. The summed E-state index contributed by atoms with van der Waals surface area (Å²) in [5.41, 5.74) is 2.31. The molecule has 0 spiro atoms. The second-order valence-electron chi connectivity index (χ2n) is 9.03. The van der Waals surface area contributed by atoms with E-state index < -0.39 is 17.5 Å². The fraction of sp³-hybridized carbons (Fsp3) is 0.286. The number of nitrogens with one attached hydrogen (secondary N) is 1. The normalized spacial score (nSPS) is 18.8. The quantitative estimate of drug-likeness (QED) is 0.484. The Labute approximate surface area is 220 Å². The minimum atomic E-state index is -0.805. The van der Waals surface area contributed by atoms with E-state index >= 15 is 0 Å². The van der Waals surface area contributed by atoms with Crippen molar-refractivity contribution >= 4 is 35.4 Å². The molecule has 2 heterocycles. The summed E-state index contributed by atoms with van der Waals surface area (Å²) in [4.78, 5) is 47.3. The molecule has 1 N–H and O–H groups in total. The van der Waals surface area contributed by atoms with Crippen LogP contribution in [0.4, 0.5) is 10.5 Å². The molecule has 1 saturated carbocycles. The molecule has 37 heavy (non-hydrogen) atoms. The van der Waals surface area contributed by atoms with Crippen molar-refractivity contribution < 1.29 is 19.1 Å². The van der Waals surface area contributed by atoms with Crippen LogP contribution < -0.4 is 10.2 Å². The zero-order valence-electron chi connectivity index (χ0n) is 20.2. The highest BCUT2D eigenvalue weighted by molar-refractivity contribution is 7.99. The van der Waals surface area contributed by atoms with E-state index in [1.54, 1.807) is 24.5 Å². The van der Waals surface area contributed by atoms with Gasteiger partial charge in [0.1, 0.15) is 24.6 Å². The van der Waals surface area contributed by atoms with Crippen LogP contribution in [0.3, 0.4) is 0 Å². The second kappa shape index (κ2) is 11.5. The molecular formula is C28H28N4O4S. The van der Waals surface area contributed by atoms with Crippen molar-refractivity contribution in [2.24, 2.45) is 0 Å². The molecule has 9 heteroatoms. The average molecular weight is 517 g/mol. The van der Waals surface area contributed by atoms with Gasteiger partial charge >= 0.3 is 6.09 Å². The van der Waals surface area contributed by atoms with Crippen molar-refractivity contribution in [3.05, 3.63) is 96.3 Å². The van der Waals surface area contributed by atoms with Gasteiger partial charge < -0.3 is 15.0 Å². The van der Waals surface area contributed by atoms with Gasteiger partial charge in [-0.3, -0.25) is 19.5 Å².